The maximum atomic E-state index is 4.40. The van der Waals surface area contributed by atoms with Crippen LogP contribution in [0.25, 0.3) is 22.8 Å². The Hall–Kier alpha value is -2.42. The molecule has 20 heavy (non-hydrogen) atoms. The lowest BCUT2D eigenvalue weighted by Crippen LogP contribution is -2.05. The van der Waals surface area contributed by atoms with E-state index < -0.39 is 0 Å². The number of nitrogens with zero attached hydrogens (tertiary/aromatic N) is 3. The van der Waals surface area contributed by atoms with E-state index in [1.807, 2.05) is 36.4 Å². The molecule has 1 heterocycles. The van der Waals surface area contributed by atoms with Crippen molar-refractivity contribution < 1.29 is 0 Å². The fourth-order valence-electron chi connectivity index (χ4n) is 2.35. The molecule has 0 unspecified atom stereocenters. The smallest absolute Gasteiger partial charge is 0.164 e. The standard InChI is InChI=1S/C17H17N3/c1-13(2)20-16(14-9-5-3-6-10-14)18-19-17(20)15-11-7-4-8-12-15/h3-13H,1-2H3. The Morgan fingerprint density at radius 1 is 0.700 bits per heavy atom. The van der Waals surface area contributed by atoms with Crippen LogP contribution in [0.1, 0.15) is 19.9 Å². The minimum absolute atomic E-state index is 0.301. The van der Waals surface area contributed by atoms with Gasteiger partial charge in [0, 0.05) is 17.2 Å². The van der Waals surface area contributed by atoms with E-state index in [0.29, 0.717) is 6.04 Å². The highest BCUT2D eigenvalue weighted by Gasteiger charge is 2.16. The summed E-state index contributed by atoms with van der Waals surface area (Å²) in [7, 11) is 0. The minimum atomic E-state index is 0.301. The van der Waals surface area contributed by atoms with Crippen LogP contribution in [0.5, 0.6) is 0 Å². The van der Waals surface area contributed by atoms with Crippen molar-refractivity contribution in [2.45, 2.75) is 19.9 Å². The van der Waals surface area contributed by atoms with Crippen LogP contribution in [-0.2, 0) is 0 Å². The van der Waals surface area contributed by atoms with Gasteiger partial charge in [0.1, 0.15) is 0 Å². The summed E-state index contributed by atoms with van der Waals surface area (Å²) in [6.07, 6.45) is 0. The van der Waals surface area contributed by atoms with Gasteiger partial charge in [0.25, 0.3) is 0 Å². The first-order valence-corrected chi connectivity index (χ1v) is 6.83. The number of hydrogen-bond acceptors (Lipinski definition) is 2. The van der Waals surface area contributed by atoms with Gasteiger partial charge in [-0.25, -0.2) is 0 Å². The average molecular weight is 263 g/mol. The topological polar surface area (TPSA) is 30.7 Å². The van der Waals surface area contributed by atoms with Crippen molar-refractivity contribution in [3.05, 3.63) is 60.7 Å². The molecule has 2 aromatic carbocycles. The second-order valence-electron chi connectivity index (χ2n) is 5.04. The first-order chi connectivity index (χ1) is 9.77. The third-order valence-corrected chi connectivity index (χ3v) is 3.28. The number of benzene rings is 2. The molecule has 0 spiro atoms. The highest BCUT2D eigenvalue weighted by atomic mass is 15.3. The minimum Gasteiger partial charge on any atom is -0.304 e. The second kappa shape index (κ2) is 5.29. The van der Waals surface area contributed by atoms with E-state index in [0.717, 1.165) is 22.8 Å². The van der Waals surface area contributed by atoms with E-state index in [-0.39, 0.29) is 0 Å². The van der Waals surface area contributed by atoms with Crippen molar-refractivity contribution in [1.82, 2.24) is 14.8 Å². The summed E-state index contributed by atoms with van der Waals surface area (Å²) >= 11 is 0. The summed E-state index contributed by atoms with van der Waals surface area (Å²) in [5.74, 6) is 1.83. The monoisotopic (exact) mass is 263 g/mol. The largest absolute Gasteiger partial charge is 0.304 e. The maximum absolute atomic E-state index is 4.40. The first-order valence-electron chi connectivity index (χ1n) is 6.83. The van der Waals surface area contributed by atoms with Gasteiger partial charge in [-0.2, -0.15) is 0 Å². The SMILES string of the molecule is CC(C)n1c(-c2ccccc2)nnc1-c1ccccc1. The van der Waals surface area contributed by atoms with Gasteiger partial charge < -0.3 is 4.57 Å². The summed E-state index contributed by atoms with van der Waals surface area (Å²) in [5.41, 5.74) is 2.19. The Bertz CT molecular complexity index is 628. The van der Waals surface area contributed by atoms with E-state index >= 15 is 0 Å². The number of hydrogen-bond donors (Lipinski definition) is 0. The predicted octanol–water partition coefficient (Wildman–Crippen LogP) is 4.19. The Labute approximate surface area is 118 Å². The van der Waals surface area contributed by atoms with Crippen molar-refractivity contribution in [2.75, 3.05) is 0 Å². The molecule has 0 saturated heterocycles. The maximum Gasteiger partial charge on any atom is 0.164 e. The molecule has 0 bridgehead atoms. The summed E-state index contributed by atoms with van der Waals surface area (Å²) in [6, 6.07) is 20.7. The van der Waals surface area contributed by atoms with Crippen molar-refractivity contribution in [2.24, 2.45) is 0 Å². The lowest BCUT2D eigenvalue weighted by Gasteiger charge is -2.14. The van der Waals surface area contributed by atoms with Crippen LogP contribution >= 0.6 is 0 Å². The van der Waals surface area contributed by atoms with Gasteiger partial charge in [0.05, 0.1) is 0 Å². The van der Waals surface area contributed by atoms with E-state index in [1.165, 1.54) is 0 Å². The normalized spacial score (nSPS) is 10.9. The number of rotatable bonds is 3. The van der Waals surface area contributed by atoms with E-state index in [9.17, 15) is 0 Å². The highest BCUT2D eigenvalue weighted by molar-refractivity contribution is 5.62. The zero-order chi connectivity index (χ0) is 13.9. The lowest BCUT2D eigenvalue weighted by atomic mass is 10.1. The summed E-state index contributed by atoms with van der Waals surface area (Å²) in [6.45, 7) is 4.31. The molecule has 0 aliphatic rings. The molecular weight excluding hydrogens is 246 g/mol. The molecular formula is C17H17N3. The van der Waals surface area contributed by atoms with E-state index in [1.54, 1.807) is 0 Å². The zero-order valence-electron chi connectivity index (χ0n) is 11.7. The van der Waals surface area contributed by atoms with Crippen LogP contribution in [0.4, 0.5) is 0 Å². The molecule has 3 heteroatoms. The van der Waals surface area contributed by atoms with Gasteiger partial charge in [0.2, 0.25) is 0 Å². The van der Waals surface area contributed by atoms with Crippen LogP contribution in [-0.4, -0.2) is 14.8 Å². The van der Waals surface area contributed by atoms with Crippen LogP contribution in [0.15, 0.2) is 60.7 Å². The van der Waals surface area contributed by atoms with Gasteiger partial charge in [0.15, 0.2) is 11.6 Å². The Balaban J connectivity index is 2.17. The van der Waals surface area contributed by atoms with Crippen LogP contribution < -0.4 is 0 Å². The third-order valence-electron chi connectivity index (χ3n) is 3.28. The van der Waals surface area contributed by atoms with E-state index in [2.05, 4.69) is 52.9 Å². The van der Waals surface area contributed by atoms with Crippen LogP contribution in [0, 0.1) is 0 Å². The fourth-order valence-corrected chi connectivity index (χ4v) is 2.35. The van der Waals surface area contributed by atoms with Crippen molar-refractivity contribution in [3.63, 3.8) is 0 Å². The molecule has 1 aromatic heterocycles. The molecule has 3 aromatic rings. The quantitative estimate of drug-likeness (QED) is 0.709. The Kier molecular flexibility index (Phi) is 3.33. The van der Waals surface area contributed by atoms with E-state index in [4.69, 9.17) is 0 Å². The third kappa shape index (κ3) is 2.23. The molecule has 0 aliphatic heterocycles. The van der Waals surface area contributed by atoms with Gasteiger partial charge in [-0.15, -0.1) is 10.2 Å². The molecule has 0 atom stereocenters. The molecule has 0 aliphatic carbocycles. The van der Waals surface area contributed by atoms with Gasteiger partial charge in [-0.1, -0.05) is 60.7 Å². The van der Waals surface area contributed by atoms with Crippen molar-refractivity contribution in [3.8, 4) is 22.8 Å². The second-order valence-corrected chi connectivity index (χ2v) is 5.04. The highest BCUT2D eigenvalue weighted by Crippen LogP contribution is 2.27. The van der Waals surface area contributed by atoms with Gasteiger partial charge in [-0.3, -0.25) is 0 Å². The average Bonchev–Trinajstić information content (AvgIpc) is 2.94. The van der Waals surface area contributed by atoms with Crippen molar-refractivity contribution in [1.29, 1.82) is 0 Å². The molecule has 0 saturated carbocycles. The summed E-state index contributed by atoms with van der Waals surface area (Å²) in [5, 5.41) is 8.79. The summed E-state index contributed by atoms with van der Waals surface area (Å²) < 4.78 is 2.19. The predicted molar refractivity (Wildman–Crippen MR) is 81.3 cm³/mol. The zero-order valence-corrected chi connectivity index (χ0v) is 11.7. The van der Waals surface area contributed by atoms with Crippen LogP contribution in [0.3, 0.4) is 0 Å². The van der Waals surface area contributed by atoms with Gasteiger partial charge >= 0.3 is 0 Å². The molecule has 0 amide bonds. The molecule has 0 N–H and O–H groups in total. The number of aromatic nitrogens is 3. The molecule has 0 fully saturated rings. The molecule has 3 nitrogen and oxygen atoms in total. The molecule has 3 rings (SSSR count). The van der Waals surface area contributed by atoms with Gasteiger partial charge in [-0.05, 0) is 13.8 Å². The van der Waals surface area contributed by atoms with Crippen molar-refractivity contribution >= 4 is 0 Å². The fraction of sp³-hybridized carbons (Fsp3) is 0.176. The Morgan fingerprint density at radius 3 is 1.45 bits per heavy atom. The lowest BCUT2D eigenvalue weighted by molar-refractivity contribution is 0.610. The summed E-state index contributed by atoms with van der Waals surface area (Å²) in [4.78, 5) is 0. The van der Waals surface area contributed by atoms with Crippen LogP contribution in [0.2, 0.25) is 0 Å². The molecule has 100 valence electrons. The first kappa shape index (κ1) is 12.6. The molecule has 0 radical (unpaired) electrons. The Morgan fingerprint density at radius 2 is 1.10 bits per heavy atom.